The molecule has 0 radical (unpaired) electrons. The van der Waals surface area contributed by atoms with Gasteiger partial charge in [0.15, 0.2) is 11.6 Å². The van der Waals surface area contributed by atoms with Crippen molar-refractivity contribution in [3.05, 3.63) is 63.9 Å². The number of hydrogen-bond donors (Lipinski definition) is 2. The van der Waals surface area contributed by atoms with Gasteiger partial charge in [-0.3, -0.25) is 4.79 Å². The molecule has 0 aromatic heterocycles. The number of fused-ring (bicyclic) bond motifs is 1. The van der Waals surface area contributed by atoms with Gasteiger partial charge >= 0.3 is 0 Å². The Bertz CT molecular complexity index is 768. The van der Waals surface area contributed by atoms with Gasteiger partial charge < -0.3 is 15.8 Å². The Morgan fingerprint density at radius 3 is 2.68 bits per heavy atom. The number of nitrogens with two attached hydrogens (primary N) is 1. The van der Waals surface area contributed by atoms with Crippen LogP contribution in [-0.2, 0) is 10.3 Å². The zero-order valence-electron chi connectivity index (χ0n) is 13.6. The second-order valence-electron chi connectivity index (χ2n) is 6.03. The van der Waals surface area contributed by atoms with Crippen LogP contribution in [0.4, 0.5) is 4.39 Å². The Kier molecular flexibility index (Phi) is 6.08. The fraction of sp³-hybridized carbons (Fsp3) is 0.278. The number of carbonyl (C=O) groups is 1. The third-order valence-electron chi connectivity index (χ3n) is 4.25. The Labute approximate surface area is 160 Å². The minimum absolute atomic E-state index is 0. The molecule has 0 spiro atoms. The second-order valence-corrected chi connectivity index (χ2v) is 6.95. The Morgan fingerprint density at radius 2 is 2.00 bits per heavy atom. The molecule has 7 heteroatoms. The molecule has 25 heavy (non-hydrogen) atoms. The molecule has 134 valence electrons. The van der Waals surface area contributed by atoms with E-state index in [-0.39, 0.29) is 30.1 Å². The van der Waals surface area contributed by atoms with Gasteiger partial charge in [0, 0.05) is 16.5 Å². The standard InChI is InChI=1S/C18H18BrFN2O2.ClH/c1-18(21,11-5-7-12(19)8-6-11)17(23)22-15-9-10-24-16-13(15)3-2-4-14(16)20;/h2-8,15H,9-10,21H2,1H3,(H,22,23);1H/t15-,18?;/m1./s1. The summed E-state index contributed by atoms with van der Waals surface area (Å²) in [4.78, 5) is 12.7. The van der Waals surface area contributed by atoms with Gasteiger partial charge in [0.1, 0.15) is 5.54 Å². The van der Waals surface area contributed by atoms with E-state index in [1.807, 2.05) is 12.1 Å². The van der Waals surface area contributed by atoms with Gasteiger partial charge in [-0.2, -0.15) is 0 Å². The van der Waals surface area contributed by atoms with E-state index in [4.69, 9.17) is 10.5 Å². The van der Waals surface area contributed by atoms with Crippen LogP contribution in [0.25, 0.3) is 0 Å². The van der Waals surface area contributed by atoms with Crippen molar-refractivity contribution >= 4 is 34.2 Å². The molecule has 1 aliphatic rings. The van der Waals surface area contributed by atoms with Crippen molar-refractivity contribution in [3.8, 4) is 5.75 Å². The predicted octanol–water partition coefficient (Wildman–Crippen LogP) is 3.82. The third-order valence-corrected chi connectivity index (χ3v) is 4.78. The number of hydrogen-bond acceptors (Lipinski definition) is 3. The highest BCUT2D eigenvalue weighted by Gasteiger charge is 2.34. The number of amides is 1. The summed E-state index contributed by atoms with van der Waals surface area (Å²) in [6.07, 6.45) is 0.568. The van der Waals surface area contributed by atoms with Crippen LogP contribution in [0.5, 0.6) is 5.75 Å². The molecule has 0 fully saturated rings. The summed E-state index contributed by atoms with van der Waals surface area (Å²) < 4.78 is 20.2. The maximum atomic E-state index is 13.9. The SMILES string of the molecule is CC(N)(C(=O)N[C@@H]1CCOc2c(F)cccc21)c1ccc(Br)cc1.Cl. The molecule has 1 unspecified atom stereocenters. The number of carbonyl (C=O) groups excluding carboxylic acids is 1. The first kappa shape index (κ1) is 19.7. The first-order chi connectivity index (χ1) is 11.4. The maximum Gasteiger partial charge on any atom is 0.244 e. The Hall–Kier alpha value is -1.63. The smallest absolute Gasteiger partial charge is 0.244 e. The minimum atomic E-state index is -1.19. The van der Waals surface area contributed by atoms with E-state index < -0.39 is 11.4 Å². The first-order valence-corrected chi connectivity index (χ1v) is 8.46. The molecule has 4 nitrogen and oxygen atoms in total. The molecule has 2 atom stereocenters. The fourth-order valence-electron chi connectivity index (χ4n) is 2.77. The average Bonchev–Trinajstić information content (AvgIpc) is 2.56. The third kappa shape index (κ3) is 3.97. The molecule has 0 aliphatic carbocycles. The zero-order valence-corrected chi connectivity index (χ0v) is 16.0. The van der Waals surface area contributed by atoms with E-state index in [1.54, 1.807) is 31.2 Å². The Balaban J connectivity index is 0.00000225. The van der Waals surface area contributed by atoms with Crippen molar-refractivity contribution in [2.45, 2.75) is 24.9 Å². The van der Waals surface area contributed by atoms with Crippen LogP contribution in [0.1, 0.15) is 30.5 Å². The molecular formula is C18H19BrClFN2O2. The fourth-order valence-corrected chi connectivity index (χ4v) is 3.04. The van der Waals surface area contributed by atoms with Crippen LogP contribution in [-0.4, -0.2) is 12.5 Å². The van der Waals surface area contributed by atoms with Gasteiger partial charge in [-0.25, -0.2) is 4.39 Å². The van der Waals surface area contributed by atoms with Crippen molar-refractivity contribution in [3.63, 3.8) is 0 Å². The number of benzene rings is 2. The molecule has 1 heterocycles. The molecule has 3 N–H and O–H groups in total. The van der Waals surface area contributed by atoms with Crippen LogP contribution in [0.3, 0.4) is 0 Å². The number of halogens is 3. The van der Waals surface area contributed by atoms with E-state index in [0.29, 0.717) is 24.2 Å². The van der Waals surface area contributed by atoms with E-state index in [0.717, 1.165) is 4.47 Å². The predicted molar refractivity (Wildman–Crippen MR) is 100 cm³/mol. The normalized spacial score (nSPS) is 18.2. The second kappa shape index (κ2) is 7.72. The Morgan fingerprint density at radius 1 is 1.32 bits per heavy atom. The van der Waals surface area contributed by atoms with E-state index in [2.05, 4.69) is 21.2 Å². The highest BCUT2D eigenvalue weighted by molar-refractivity contribution is 9.10. The number of para-hydroxylation sites is 1. The van der Waals surface area contributed by atoms with Crippen LogP contribution < -0.4 is 15.8 Å². The number of nitrogens with one attached hydrogen (secondary N) is 1. The highest BCUT2D eigenvalue weighted by atomic mass is 79.9. The lowest BCUT2D eigenvalue weighted by molar-refractivity contribution is -0.127. The minimum Gasteiger partial charge on any atom is -0.490 e. The lowest BCUT2D eigenvalue weighted by atomic mass is 9.91. The van der Waals surface area contributed by atoms with Gasteiger partial charge in [-0.05, 0) is 30.7 Å². The van der Waals surface area contributed by atoms with Crippen LogP contribution in [0.2, 0.25) is 0 Å². The molecule has 2 aromatic rings. The van der Waals surface area contributed by atoms with Gasteiger partial charge in [-0.1, -0.05) is 40.2 Å². The molecular weight excluding hydrogens is 411 g/mol. The summed E-state index contributed by atoms with van der Waals surface area (Å²) in [7, 11) is 0. The van der Waals surface area contributed by atoms with Crippen LogP contribution in [0.15, 0.2) is 46.9 Å². The topological polar surface area (TPSA) is 64.4 Å². The van der Waals surface area contributed by atoms with E-state index in [1.165, 1.54) is 6.07 Å². The van der Waals surface area contributed by atoms with Crippen LogP contribution in [0, 0.1) is 5.82 Å². The maximum absolute atomic E-state index is 13.9. The number of rotatable bonds is 3. The van der Waals surface area contributed by atoms with Crippen molar-refractivity contribution in [2.24, 2.45) is 5.73 Å². The zero-order chi connectivity index (χ0) is 17.3. The summed E-state index contributed by atoms with van der Waals surface area (Å²) in [5, 5.41) is 2.93. The van der Waals surface area contributed by atoms with Crippen molar-refractivity contribution in [2.75, 3.05) is 6.61 Å². The van der Waals surface area contributed by atoms with Gasteiger partial charge in [0.25, 0.3) is 0 Å². The quantitative estimate of drug-likeness (QED) is 0.779. The summed E-state index contributed by atoms with van der Waals surface area (Å²) in [6, 6.07) is 11.7. The average molecular weight is 430 g/mol. The molecule has 3 rings (SSSR count). The summed E-state index contributed by atoms with van der Waals surface area (Å²) in [5.74, 6) is -0.529. The van der Waals surface area contributed by atoms with E-state index in [9.17, 15) is 9.18 Å². The monoisotopic (exact) mass is 428 g/mol. The molecule has 0 bridgehead atoms. The van der Waals surface area contributed by atoms with Crippen LogP contribution >= 0.6 is 28.3 Å². The molecule has 1 aliphatic heterocycles. The van der Waals surface area contributed by atoms with Gasteiger partial charge in [0.2, 0.25) is 5.91 Å². The lowest BCUT2D eigenvalue weighted by Gasteiger charge is -2.31. The molecule has 2 aromatic carbocycles. The summed E-state index contributed by atoms with van der Waals surface area (Å²) in [5.41, 5.74) is 6.42. The number of ether oxygens (including phenoxy) is 1. The summed E-state index contributed by atoms with van der Waals surface area (Å²) in [6.45, 7) is 2.01. The summed E-state index contributed by atoms with van der Waals surface area (Å²) >= 11 is 3.36. The largest absolute Gasteiger partial charge is 0.490 e. The van der Waals surface area contributed by atoms with Gasteiger partial charge in [0.05, 0.1) is 12.6 Å². The van der Waals surface area contributed by atoms with Gasteiger partial charge in [-0.15, -0.1) is 12.4 Å². The van der Waals surface area contributed by atoms with Crippen molar-refractivity contribution in [1.29, 1.82) is 0 Å². The molecule has 0 saturated heterocycles. The van der Waals surface area contributed by atoms with Crippen molar-refractivity contribution in [1.82, 2.24) is 5.32 Å². The van der Waals surface area contributed by atoms with Crippen molar-refractivity contribution < 1.29 is 13.9 Å². The molecule has 1 amide bonds. The molecule has 0 saturated carbocycles. The highest BCUT2D eigenvalue weighted by Crippen LogP contribution is 2.34. The van der Waals surface area contributed by atoms with E-state index >= 15 is 0 Å². The lowest BCUT2D eigenvalue weighted by Crippen LogP contribution is -2.50. The first-order valence-electron chi connectivity index (χ1n) is 7.66.